The predicted octanol–water partition coefficient (Wildman–Crippen LogP) is 2.37. The summed E-state index contributed by atoms with van der Waals surface area (Å²) in [4.78, 5) is 10.9. The Morgan fingerprint density at radius 2 is 2.10 bits per heavy atom. The maximum atomic E-state index is 13.0. The number of sulfonamides is 1. The van der Waals surface area contributed by atoms with E-state index in [9.17, 15) is 17.6 Å². The van der Waals surface area contributed by atoms with Crippen LogP contribution in [0.15, 0.2) is 27.6 Å². The molecule has 0 bridgehead atoms. The molecule has 0 fully saturated rings. The van der Waals surface area contributed by atoms with Crippen LogP contribution in [-0.2, 0) is 14.8 Å². The second-order valence-corrected chi connectivity index (χ2v) is 6.93. The molecule has 5 nitrogen and oxygen atoms in total. The molecule has 0 saturated heterocycles. The summed E-state index contributed by atoms with van der Waals surface area (Å²) in [7, 11) is -4.05. The van der Waals surface area contributed by atoms with Gasteiger partial charge in [-0.15, -0.1) is 0 Å². The van der Waals surface area contributed by atoms with Crippen molar-refractivity contribution in [2.45, 2.75) is 31.2 Å². The molecule has 2 atom stereocenters. The molecular weight excluding hydrogens is 353 g/mol. The van der Waals surface area contributed by atoms with Gasteiger partial charge in [-0.3, -0.25) is 4.79 Å². The van der Waals surface area contributed by atoms with E-state index in [1.807, 2.05) is 0 Å². The second-order valence-electron chi connectivity index (χ2n) is 4.40. The van der Waals surface area contributed by atoms with Crippen molar-refractivity contribution in [3.05, 3.63) is 28.5 Å². The van der Waals surface area contributed by atoms with Crippen molar-refractivity contribution in [1.29, 1.82) is 0 Å². The van der Waals surface area contributed by atoms with Crippen LogP contribution in [0.4, 0.5) is 4.39 Å². The standard InChI is InChI=1S/C12H15BrFNO4S/c1-3-7(2)11(12(16)17)15-20(18,19)10-5-4-8(14)6-9(10)13/h4-7,11,15H,3H2,1-2H3,(H,16,17). The van der Waals surface area contributed by atoms with Crippen LogP contribution in [0, 0.1) is 11.7 Å². The summed E-state index contributed by atoms with van der Waals surface area (Å²) in [6, 6.07) is 1.85. The minimum absolute atomic E-state index is 0.0401. The second kappa shape index (κ2) is 6.64. The number of halogens is 2. The molecule has 0 aliphatic heterocycles. The van der Waals surface area contributed by atoms with E-state index in [0.29, 0.717) is 6.42 Å². The molecule has 0 amide bonds. The van der Waals surface area contributed by atoms with Crippen molar-refractivity contribution in [3.63, 3.8) is 0 Å². The van der Waals surface area contributed by atoms with Crippen LogP contribution in [-0.4, -0.2) is 25.5 Å². The van der Waals surface area contributed by atoms with Gasteiger partial charge in [0.2, 0.25) is 10.0 Å². The molecule has 0 aliphatic rings. The SMILES string of the molecule is CCC(C)C(NS(=O)(=O)c1ccc(F)cc1Br)C(=O)O. The average molecular weight is 368 g/mol. The quantitative estimate of drug-likeness (QED) is 0.808. The molecule has 0 radical (unpaired) electrons. The Morgan fingerprint density at radius 3 is 2.55 bits per heavy atom. The molecule has 0 saturated carbocycles. The van der Waals surface area contributed by atoms with Gasteiger partial charge >= 0.3 is 5.97 Å². The molecule has 0 aromatic heterocycles. The number of hydrogen-bond acceptors (Lipinski definition) is 3. The Morgan fingerprint density at radius 1 is 1.50 bits per heavy atom. The third kappa shape index (κ3) is 4.00. The van der Waals surface area contributed by atoms with Crippen molar-refractivity contribution in [2.24, 2.45) is 5.92 Å². The first-order chi connectivity index (χ1) is 9.19. The first-order valence-corrected chi connectivity index (χ1v) is 8.16. The molecule has 2 N–H and O–H groups in total. The molecule has 2 unspecified atom stereocenters. The zero-order chi connectivity index (χ0) is 15.5. The summed E-state index contributed by atoms with van der Waals surface area (Å²) in [6.45, 7) is 3.41. The number of hydrogen-bond donors (Lipinski definition) is 2. The summed E-state index contributed by atoms with van der Waals surface area (Å²) in [5, 5.41) is 9.10. The van der Waals surface area contributed by atoms with Gasteiger partial charge in [-0.1, -0.05) is 20.3 Å². The van der Waals surface area contributed by atoms with Crippen LogP contribution >= 0.6 is 15.9 Å². The van der Waals surface area contributed by atoms with Crippen LogP contribution < -0.4 is 4.72 Å². The van der Waals surface area contributed by atoms with Crippen LogP contribution in [0.2, 0.25) is 0 Å². The number of carboxylic acid groups (broad SMARTS) is 1. The van der Waals surface area contributed by atoms with Gasteiger partial charge in [-0.25, -0.2) is 12.8 Å². The first-order valence-electron chi connectivity index (χ1n) is 5.89. The topological polar surface area (TPSA) is 83.5 Å². The van der Waals surface area contributed by atoms with E-state index in [2.05, 4.69) is 20.7 Å². The highest BCUT2D eigenvalue weighted by molar-refractivity contribution is 9.10. The number of aliphatic carboxylic acids is 1. The predicted molar refractivity (Wildman–Crippen MR) is 75.3 cm³/mol. The van der Waals surface area contributed by atoms with Gasteiger partial charge in [0, 0.05) is 4.47 Å². The third-order valence-electron chi connectivity index (χ3n) is 2.94. The van der Waals surface area contributed by atoms with Gasteiger partial charge in [0.1, 0.15) is 11.9 Å². The monoisotopic (exact) mass is 367 g/mol. The highest BCUT2D eigenvalue weighted by Gasteiger charge is 2.30. The lowest BCUT2D eigenvalue weighted by Gasteiger charge is -2.20. The fourth-order valence-electron chi connectivity index (χ4n) is 1.57. The van der Waals surface area contributed by atoms with Gasteiger partial charge in [-0.05, 0) is 40.0 Å². The fraction of sp³-hybridized carbons (Fsp3) is 0.417. The summed E-state index contributed by atoms with van der Waals surface area (Å²) in [5.74, 6) is -2.21. The summed E-state index contributed by atoms with van der Waals surface area (Å²) in [5.41, 5.74) is 0. The maximum Gasteiger partial charge on any atom is 0.322 e. The van der Waals surface area contributed by atoms with Gasteiger partial charge in [-0.2, -0.15) is 4.72 Å². The lowest BCUT2D eigenvalue weighted by Crippen LogP contribution is -2.44. The summed E-state index contributed by atoms with van der Waals surface area (Å²) < 4.78 is 39.5. The molecule has 20 heavy (non-hydrogen) atoms. The largest absolute Gasteiger partial charge is 0.480 e. The van der Waals surface area contributed by atoms with Crippen LogP contribution in [0.5, 0.6) is 0 Å². The van der Waals surface area contributed by atoms with E-state index in [0.717, 1.165) is 18.2 Å². The van der Waals surface area contributed by atoms with Gasteiger partial charge in [0.15, 0.2) is 0 Å². The Labute approximate surface area is 125 Å². The van der Waals surface area contributed by atoms with Crippen LogP contribution in [0.25, 0.3) is 0 Å². The summed E-state index contributed by atoms with van der Waals surface area (Å²) in [6.07, 6.45) is 0.504. The van der Waals surface area contributed by atoms with Gasteiger partial charge in [0.25, 0.3) is 0 Å². The van der Waals surface area contributed by atoms with E-state index in [1.54, 1.807) is 13.8 Å². The maximum absolute atomic E-state index is 13.0. The lowest BCUT2D eigenvalue weighted by atomic mass is 10.0. The third-order valence-corrected chi connectivity index (χ3v) is 5.36. The highest BCUT2D eigenvalue weighted by atomic mass is 79.9. The first kappa shape index (κ1) is 17.1. The Hall–Kier alpha value is -0.990. The van der Waals surface area contributed by atoms with Gasteiger partial charge in [0.05, 0.1) is 4.90 Å². The van der Waals surface area contributed by atoms with E-state index < -0.39 is 27.9 Å². The van der Waals surface area contributed by atoms with Crippen molar-refractivity contribution in [1.82, 2.24) is 4.72 Å². The number of nitrogens with one attached hydrogen (secondary N) is 1. The molecule has 1 aromatic rings. The Bertz CT molecular complexity index is 605. The van der Waals surface area contributed by atoms with Crippen molar-refractivity contribution in [2.75, 3.05) is 0 Å². The summed E-state index contributed by atoms with van der Waals surface area (Å²) >= 11 is 2.96. The van der Waals surface area contributed by atoms with Gasteiger partial charge < -0.3 is 5.11 Å². The Balaban J connectivity index is 3.13. The van der Waals surface area contributed by atoms with E-state index >= 15 is 0 Å². The van der Waals surface area contributed by atoms with E-state index in [-0.39, 0.29) is 15.3 Å². The van der Waals surface area contributed by atoms with E-state index in [4.69, 9.17) is 5.11 Å². The molecule has 0 heterocycles. The van der Waals surface area contributed by atoms with E-state index in [1.165, 1.54) is 0 Å². The highest BCUT2D eigenvalue weighted by Crippen LogP contribution is 2.23. The molecule has 1 rings (SSSR count). The minimum Gasteiger partial charge on any atom is -0.480 e. The number of carboxylic acids is 1. The minimum atomic E-state index is -4.05. The molecular formula is C12H15BrFNO4S. The van der Waals surface area contributed by atoms with Crippen LogP contribution in [0.3, 0.4) is 0 Å². The zero-order valence-electron chi connectivity index (χ0n) is 10.9. The number of carbonyl (C=O) groups is 1. The van der Waals surface area contributed by atoms with Crippen molar-refractivity contribution >= 4 is 31.9 Å². The number of benzene rings is 1. The van der Waals surface area contributed by atoms with Crippen molar-refractivity contribution in [3.8, 4) is 0 Å². The zero-order valence-corrected chi connectivity index (χ0v) is 13.3. The Kier molecular flexibility index (Phi) is 5.67. The molecule has 112 valence electrons. The fourth-order valence-corrected chi connectivity index (χ4v) is 3.92. The molecule has 1 aromatic carbocycles. The molecule has 8 heteroatoms. The lowest BCUT2D eigenvalue weighted by molar-refractivity contribution is -0.140. The number of rotatable bonds is 6. The van der Waals surface area contributed by atoms with Crippen molar-refractivity contribution < 1.29 is 22.7 Å². The average Bonchev–Trinajstić information content (AvgIpc) is 2.34. The normalized spacial score (nSPS) is 14.8. The molecule has 0 spiro atoms. The smallest absolute Gasteiger partial charge is 0.322 e. The van der Waals surface area contributed by atoms with Crippen LogP contribution in [0.1, 0.15) is 20.3 Å². The molecule has 0 aliphatic carbocycles.